The maximum Gasteiger partial charge on any atom is 0.254 e. The number of carbonyl (C=O) groups excluding carboxylic acids is 1. The summed E-state index contributed by atoms with van der Waals surface area (Å²) < 4.78 is 0. The number of rotatable bonds is 2. The van der Waals surface area contributed by atoms with E-state index in [1.807, 2.05) is 6.92 Å². The van der Waals surface area contributed by atoms with Gasteiger partial charge in [-0.15, -0.1) is 11.3 Å². The molecule has 1 atom stereocenters. The van der Waals surface area contributed by atoms with Crippen molar-refractivity contribution in [1.29, 1.82) is 0 Å². The van der Waals surface area contributed by atoms with Crippen LogP contribution >= 0.6 is 11.3 Å². The van der Waals surface area contributed by atoms with E-state index in [0.29, 0.717) is 17.5 Å². The van der Waals surface area contributed by atoms with E-state index >= 15 is 0 Å². The third kappa shape index (κ3) is 1.84. The molecule has 0 saturated heterocycles. The summed E-state index contributed by atoms with van der Waals surface area (Å²) in [4.78, 5) is 13.4. The van der Waals surface area contributed by atoms with Crippen molar-refractivity contribution in [2.24, 2.45) is 0 Å². The predicted molar refractivity (Wildman–Crippen MR) is 72.8 cm³/mol. The summed E-state index contributed by atoms with van der Waals surface area (Å²) in [5.41, 5.74) is 8.09. The number of hydrogen-bond donors (Lipinski definition) is 2. The van der Waals surface area contributed by atoms with Gasteiger partial charge in [-0.1, -0.05) is 20.8 Å². The van der Waals surface area contributed by atoms with Crippen LogP contribution < -0.4 is 11.1 Å². The third-order valence-electron chi connectivity index (χ3n) is 3.46. The van der Waals surface area contributed by atoms with Crippen LogP contribution in [-0.4, -0.2) is 12.5 Å². The van der Waals surface area contributed by atoms with E-state index in [-0.39, 0.29) is 11.3 Å². The summed E-state index contributed by atoms with van der Waals surface area (Å²) in [5.74, 6) is 0.401. The van der Waals surface area contributed by atoms with Crippen molar-refractivity contribution < 1.29 is 4.79 Å². The van der Waals surface area contributed by atoms with E-state index in [1.165, 1.54) is 10.4 Å². The highest BCUT2D eigenvalue weighted by molar-refractivity contribution is 7.16. The van der Waals surface area contributed by atoms with Crippen LogP contribution in [0.25, 0.3) is 0 Å². The minimum absolute atomic E-state index is 0.0213. The maximum atomic E-state index is 12.1. The first-order valence-corrected chi connectivity index (χ1v) is 6.91. The van der Waals surface area contributed by atoms with Gasteiger partial charge < -0.3 is 11.1 Å². The molecule has 1 aromatic rings. The van der Waals surface area contributed by atoms with Crippen LogP contribution in [0.4, 0.5) is 5.00 Å². The second-order valence-electron chi connectivity index (χ2n) is 5.43. The SMILES string of the molecule is CCNC(=O)c1c(N)sc2c1C(C)CC2(C)C. The monoisotopic (exact) mass is 252 g/mol. The molecule has 0 fully saturated rings. The summed E-state index contributed by atoms with van der Waals surface area (Å²) in [5, 5.41) is 3.52. The summed E-state index contributed by atoms with van der Waals surface area (Å²) >= 11 is 1.59. The van der Waals surface area contributed by atoms with E-state index < -0.39 is 0 Å². The molecule has 2 rings (SSSR count). The molecular formula is C13H20N2OS. The number of nitrogens with two attached hydrogens (primary N) is 1. The number of fused-ring (bicyclic) bond motifs is 1. The molecule has 3 N–H and O–H groups in total. The topological polar surface area (TPSA) is 55.1 Å². The predicted octanol–water partition coefficient (Wildman–Crippen LogP) is 2.86. The Morgan fingerprint density at radius 2 is 2.24 bits per heavy atom. The summed E-state index contributed by atoms with van der Waals surface area (Å²) in [7, 11) is 0. The van der Waals surface area contributed by atoms with Crippen LogP contribution in [0.2, 0.25) is 0 Å². The highest BCUT2D eigenvalue weighted by Crippen LogP contribution is 2.52. The standard InChI is InChI=1S/C13H20N2OS/c1-5-15-12(16)9-8-7(2)6-13(3,4)10(8)17-11(9)14/h7H,5-6,14H2,1-4H3,(H,15,16). The molecular weight excluding hydrogens is 232 g/mol. The molecule has 4 heteroatoms. The second kappa shape index (κ2) is 4.02. The molecule has 1 aliphatic carbocycles. The fourth-order valence-corrected chi connectivity index (χ4v) is 4.18. The van der Waals surface area contributed by atoms with Crippen molar-refractivity contribution in [3.05, 3.63) is 16.0 Å². The highest BCUT2D eigenvalue weighted by Gasteiger charge is 2.40. The van der Waals surface area contributed by atoms with E-state index in [4.69, 9.17) is 5.73 Å². The molecule has 1 unspecified atom stereocenters. The molecule has 17 heavy (non-hydrogen) atoms. The molecule has 0 bridgehead atoms. The molecule has 0 aliphatic heterocycles. The highest BCUT2D eigenvalue weighted by atomic mass is 32.1. The van der Waals surface area contributed by atoms with Crippen molar-refractivity contribution >= 4 is 22.2 Å². The zero-order valence-electron chi connectivity index (χ0n) is 10.9. The smallest absolute Gasteiger partial charge is 0.254 e. The third-order valence-corrected chi connectivity index (χ3v) is 4.86. The van der Waals surface area contributed by atoms with Crippen molar-refractivity contribution in [2.75, 3.05) is 12.3 Å². The Balaban J connectivity index is 2.53. The first-order valence-electron chi connectivity index (χ1n) is 6.09. The summed E-state index contributed by atoms with van der Waals surface area (Å²) in [6, 6.07) is 0. The van der Waals surface area contributed by atoms with Gasteiger partial charge in [-0.05, 0) is 24.8 Å². The number of nitrogens with one attached hydrogen (secondary N) is 1. The zero-order valence-corrected chi connectivity index (χ0v) is 11.7. The normalized spacial score (nSPS) is 21.3. The molecule has 0 aromatic carbocycles. The van der Waals surface area contributed by atoms with E-state index in [9.17, 15) is 4.79 Å². The maximum absolute atomic E-state index is 12.1. The van der Waals surface area contributed by atoms with Gasteiger partial charge in [0.05, 0.1) is 10.6 Å². The van der Waals surface area contributed by atoms with Gasteiger partial charge in [0.25, 0.3) is 5.91 Å². The number of carbonyl (C=O) groups is 1. The van der Waals surface area contributed by atoms with Crippen LogP contribution in [0.1, 0.15) is 60.8 Å². The lowest BCUT2D eigenvalue weighted by Crippen LogP contribution is -2.24. The summed E-state index contributed by atoms with van der Waals surface area (Å²) in [6.07, 6.45) is 1.10. The molecule has 0 spiro atoms. The first-order chi connectivity index (χ1) is 7.88. The van der Waals surface area contributed by atoms with Gasteiger partial charge in [-0.2, -0.15) is 0 Å². The molecule has 1 amide bonds. The molecule has 0 radical (unpaired) electrons. The summed E-state index contributed by atoms with van der Waals surface area (Å²) in [6.45, 7) is 9.21. The van der Waals surface area contributed by atoms with Crippen LogP contribution in [0.3, 0.4) is 0 Å². The van der Waals surface area contributed by atoms with Crippen LogP contribution in [0, 0.1) is 0 Å². The fraction of sp³-hybridized carbons (Fsp3) is 0.615. The van der Waals surface area contributed by atoms with Gasteiger partial charge in [0.15, 0.2) is 0 Å². The lowest BCUT2D eigenvalue weighted by Gasteiger charge is -2.17. The molecule has 1 heterocycles. The van der Waals surface area contributed by atoms with E-state index in [2.05, 4.69) is 26.1 Å². The van der Waals surface area contributed by atoms with Crippen molar-refractivity contribution in [2.45, 2.75) is 45.4 Å². The van der Waals surface area contributed by atoms with Gasteiger partial charge in [0.1, 0.15) is 0 Å². The fourth-order valence-electron chi connectivity index (χ4n) is 2.88. The average Bonchev–Trinajstić information content (AvgIpc) is 2.64. The Morgan fingerprint density at radius 1 is 1.59 bits per heavy atom. The Morgan fingerprint density at radius 3 is 2.82 bits per heavy atom. The number of amides is 1. The number of hydrogen-bond acceptors (Lipinski definition) is 3. The number of anilines is 1. The van der Waals surface area contributed by atoms with Crippen LogP contribution in [-0.2, 0) is 5.41 Å². The lowest BCUT2D eigenvalue weighted by molar-refractivity contribution is 0.0956. The quantitative estimate of drug-likeness (QED) is 0.850. The van der Waals surface area contributed by atoms with Gasteiger partial charge in [0, 0.05) is 16.8 Å². The van der Waals surface area contributed by atoms with Gasteiger partial charge in [0.2, 0.25) is 0 Å². The molecule has 1 aromatic heterocycles. The Bertz CT molecular complexity index is 462. The van der Waals surface area contributed by atoms with E-state index in [0.717, 1.165) is 12.0 Å². The Hall–Kier alpha value is -1.03. The number of nitrogen functional groups attached to an aromatic ring is 1. The zero-order chi connectivity index (χ0) is 12.8. The lowest BCUT2D eigenvalue weighted by atomic mass is 9.91. The molecule has 1 aliphatic rings. The van der Waals surface area contributed by atoms with Gasteiger partial charge in [-0.25, -0.2) is 0 Å². The first kappa shape index (κ1) is 12.4. The Kier molecular flexibility index (Phi) is 2.94. The number of thiophene rings is 1. The second-order valence-corrected chi connectivity index (χ2v) is 6.48. The average molecular weight is 252 g/mol. The minimum Gasteiger partial charge on any atom is -0.390 e. The minimum atomic E-state index is -0.0213. The van der Waals surface area contributed by atoms with E-state index in [1.54, 1.807) is 11.3 Å². The van der Waals surface area contributed by atoms with Crippen molar-refractivity contribution in [1.82, 2.24) is 5.32 Å². The van der Waals surface area contributed by atoms with Crippen LogP contribution in [0.5, 0.6) is 0 Å². The van der Waals surface area contributed by atoms with Gasteiger partial charge >= 0.3 is 0 Å². The largest absolute Gasteiger partial charge is 0.390 e. The Labute approximate surface area is 106 Å². The molecule has 0 saturated carbocycles. The molecule has 94 valence electrons. The van der Waals surface area contributed by atoms with Crippen LogP contribution in [0.15, 0.2) is 0 Å². The van der Waals surface area contributed by atoms with Crippen molar-refractivity contribution in [3.63, 3.8) is 0 Å². The van der Waals surface area contributed by atoms with Crippen molar-refractivity contribution in [3.8, 4) is 0 Å². The molecule has 3 nitrogen and oxygen atoms in total. The van der Waals surface area contributed by atoms with Gasteiger partial charge in [-0.3, -0.25) is 4.79 Å².